The monoisotopic (exact) mass is 423 g/mol. The Balaban J connectivity index is 1.79. The summed E-state index contributed by atoms with van der Waals surface area (Å²) >= 11 is 10.5. The highest BCUT2D eigenvalue weighted by Gasteiger charge is 2.42. The van der Waals surface area contributed by atoms with Crippen molar-refractivity contribution in [3.63, 3.8) is 0 Å². The van der Waals surface area contributed by atoms with E-state index in [2.05, 4.69) is 28.7 Å². The Kier molecular flexibility index (Phi) is 4.87. The molecule has 0 radical (unpaired) electrons. The Morgan fingerprint density at radius 2 is 2.35 bits per heavy atom. The first-order chi connectivity index (χ1) is 9.60. The molecule has 5 heteroatoms. The topological polar surface area (TPSA) is 35.2 Å². The van der Waals surface area contributed by atoms with Gasteiger partial charge in [-0.3, -0.25) is 0 Å². The molecule has 2 aliphatic heterocycles. The van der Waals surface area contributed by atoms with Crippen LogP contribution in [-0.4, -0.2) is 23.7 Å². The molecule has 0 bridgehead atoms. The van der Waals surface area contributed by atoms with Crippen LogP contribution in [0.2, 0.25) is 5.02 Å². The second kappa shape index (κ2) is 6.32. The van der Waals surface area contributed by atoms with E-state index in [4.69, 9.17) is 22.1 Å². The van der Waals surface area contributed by atoms with Crippen LogP contribution in [0.4, 0.5) is 0 Å². The molecule has 3 rings (SSSR count). The van der Waals surface area contributed by atoms with Gasteiger partial charge in [-0.25, -0.2) is 0 Å². The SMILES string of the molecule is NC(c1cc(Cl)ccc1I)C1CCOC2(CCSC2)C1. The summed E-state index contributed by atoms with van der Waals surface area (Å²) in [6.45, 7) is 0.843. The number of hydrogen-bond acceptors (Lipinski definition) is 3. The number of ether oxygens (including phenoxy) is 1. The minimum atomic E-state index is 0.0620. The van der Waals surface area contributed by atoms with Gasteiger partial charge in [-0.2, -0.15) is 11.8 Å². The van der Waals surface area contributed by atoms with Gasteiger partial charge in [0.2, 0.25) is 0 Å². The third kappa shape index (κ3) is 3.14. The lowest BCUT2D eigenvalue weighted by molar-refractivity contribution is -0.0834. The maximum absolute atomic E-state index is 6.56. The van der Waals surface area contributed by atoms with E-state index in [9.17, 15) is 0 Å². The molecule has 2 nitrogen and oxygen atoms in total. The highest BCUT2D eigenvalue weighted by molar-refractivity contribution is 14.1. The molecule has 3 atom stereocenters. The molecule has 0 aromatic heterocycles. The van der Waals surface area contributed by atoms with Crippen molar-refractivity contribution >= 4 is 46.0 Å². The maximum atomic E-state index is 6.56. The maximum Gasteiger partial charge on any atom is 0.0783 e. The fourth-order valence-corrected chi connectivity index (χ4v) is 5.51. The zero-order valence-electron chi connectivity index (χ0n) is 11.3. The van der Waals surface area contributed by atoms with Crippen LogP contribution >= 0.6 is 46.0 Å². The third-order valence-corrected chi connectivity index (χ3v) is 6.86. The molecule has 0 aliphatic carbocycles. The lowest BCUT2D eigenvalue weighted by Gasteiger charge is -2.40. The highest BCUT2D eigenvalue weighted by Crippen LogP contribution is 2.44. The first kappa shape index (κ1) is 15.4. The molecule has 1 spiro atoms. The van der Waals surface area contributed by atoms with E-state index in [1.807, 2.05) is 23.9 Å². The van der Waals surface area contributed by atoms with Crippen molar-refractivity contribution in [3.8, 4) is 0 Å². The van der Waals surface area contributed by atoms with E-state index in [0.29, 0.717) is 5.92 Å². The molecule has 1 aromatic carbocycles. The molecule has 2 N–H and O–H groups in total. The molecule has 0 saturated carbocycles. The van der Waals surface area contributed by atoms with E-state index in [-0.39, 0.29) is 11.6 Å². The molecule has 110 valence electrons. The van der Waals surface area contributed by atoms with Gasteiger partial charge < -0.3 is 10.5 Å². The summed E-state index contributed by atoms with van der Waals surface area (Å²) in [6, 6.07) is 6.07. The molecule has 3 unspecified atom stereocenters. The molecular formula is C15H19ClINOS. The summed E-state index contributed by atoms with van der Waals surface area (Å²) in [5.41, 5.74) is 7.84. The van der Waals surface area contributed by atoms with Gasteiger partial charge in [-0.15, -0.1) is 0 Å². The molecule has 2 aliphatic rings. The predicted molar refractivity (Wildman–Crippen MR) is 94.4 cm³/mol. The van der Waals surface area contributed by atoms with Crippen molar-refractivity contribution < 1.29 is 4.74 Å². The Labute approximate surface area is 143 Å². The summed E-state index contributed by atoms with van der Waals surface area (Å²) < 4.78 is 7.30. The fourth-order valence-electron chi connectivity index (χ4n) is 3.26. The van der Waals surface area contributed by atoms with Crippen LogP contribution in [0.3, 0.4) is 0 Å². The Morgan fingerprint density at radius 1 is 1.50 bits per heavy atom. The molecular weight excluding hydrogens is 405 g/mol. The molecule has 2 fully saturated rings. The zero-order chi connectivity index (χ0) is 14.2. The van der Waals surface area contributed by atoms with Crippen molar-refractivity contribution in [3.05, 3.63) is 32.4 Å². The van der Waals surface area contributed by atoms with Crippen molar-refractivity contribution in [1.29, 1.82) is 0 Å². The van der Waals surface area contributed by atoms with Gasteiger partial charge in [0.1, 0.15) is 0 Å². The van der Waals surface area contributed by atoms with Crippen molar-refractivity contribution in [1.82, 2.24) is 0 Å². The van der Waals surface area contributed by atoms with Gasteiger partial charge in [-0.05, 0) is 77.3 Å². The molecule has 2 heterocycles. The van der Waals surface area contributed by atoms with Crippen LogP contribution in [0.25, 0.3) is 0 Å². The minimum absolute atomic E-state index is 0.0620. The summed E-state index contributed by atoms with van der Waals surface area (Å²) in [4.78, 5) is 0. The van der Waals surface area contributed by atoms with Crippen molar-refractivity contribution in [2.45, 2.75) is 30.9 Å². The highest BCUT2D eigenvalue weighted by atomic mass is 127. The van der Waals surface area contributed by atoms with Crippen LogP contribution in [0.1, 0.15) is 30.9 Å². The average Bonchev–Trinajstić information content (AvgIpc) is 2.88. The Bertz CT molecular complexity index is 493. The van der Waals surface area contributed by atoms with Gasteiger partial charge in [0.15, 0.2) is 0 Å². The van der Waals surface area contributed by atoms with E-state index in [0.717, 1.165) is 30.2 Å². The number of thioether (sulfide) groups is 1. The van der Waals surface area contributed by atoms with Crippen LogP contribution in [0, 0.1) is 9.49 Å². The summed E-state index contributed by atoms with van der Waals surface area (Å²) in [7, 11) is 0. The second-order valence-electron chi connectivity index (χ2n) is 5.78. The van der Waals surface area contributed by atoms with Crippen LogP contribution in [-0.2, 0) is 4.74 Å². The third-order valence-electron chi connectivity index (χ3n) is 4.42. The standard InChI is InChI=1S/C15H19ClINOS/c16-11-1-2-13(17)12(7-11)14(18)10-3-5-19-15(8-10)4-6-20-9-15/h1-2,7,10,14H,3-6,8-9,18H2. The first-order valence-corrected chi connectivity index (χ1v) is 9.63. The average molecular weight is 424 g/mol. The summed E-state index contributed by atoms with van der Waals surface area (Å²) in [5.74, 6) is 2.84. The zero-order valence-corrected chi connectivity index (χ0v) is 15.0. The number of benzene rings is 1. The molecule has 1 aromatic rings. The quantitative estimate of drug-likeness (QED) is 0.722. The minimum Gasteiger partial charge on any atom is -0.374 e. The molecule has 20 heavy (non-hydrogen) atoms. The smallest absolute Gasteiger partial charge is 0.0783 e. The number of halogens is 2. The van der Waals surface area contributed by atoms with E-state index in [1.54, 1.807) is 0 Å². The van der Waals surface area contributed by atoms with Gasteiger partial charge in [-0.1, -0.05) is 11.6 Å². The van der Waals surface area contributed by atoms with Gasteiger partial charge in [0.05, 0.1) is 5.60 Å². The van der Waals surface area contributed by atoms with Crippen LogP contribution < -0.4 is 5.73 Å². The number of nitrogens with two attached hydrogens (primary N) is 1. The van der Waals surface area contributed by atoms with Crippen molar-refractivity contribution in [2.75, 3.05) is 18.1 Å². The normalized spacial score (nSPS) is 31.6. The lowest BCUT2D eigenvalue weighted by atomic mass is 9.79. The predicted octanol–water partition coefficient (Wildman–Crippen LogP) is 4.25. The Morgan fingerprint density at radius 3 is 3.10 bits per heavy atom. The molecule has 2 saturated heterocycles. The van der Waals surface area contributed by atoms with E-state index < -0.39 is 0 Å². The van der Waals surface area contributed by atoms with Crippen LogP contribution in [0.15, 0.2) is 18.2 Å². The summed E-state index contributed by atoms with van der Waals surface area (Å²) in [5, 5.41) is 0.772. The fraction of sp³-hybridized carbons (Fsp3) is 0.600. The first-order valence-electron chi connectivity index (χ1n) is 7.02. The second-order valence-corrected chi connectivity index (χ2v) is 8.48. The van der Waals surface area contributed by atoms with Gasteiger partial charge in [0, 0.05) is 27.0 Å². The lowest BCUT2D eigenvalue weighted by Crippen LogP contribution is -2.42. The number of hydrogen-bond donors (Lipinski definition) is 1. The Hall–Kier alpha value is 0.510. The molecule has 0 amide bonds. The van der Waals surface area contributed by atoms with Gasteiger partial charge in [0.25, 0.3) is 0 Å². The van der Waals surface area contributed by atoms with E-state index >= 15 is 0 Å². The summed E-state index contributed by atoms with van der Waals surface area (Å²) in [6.07, 6.45) is 3.31. The largest absolute Gasteiger partial charge is 0.374 e. The van der Waals surface area contributed by atoms with E-state index in [1.165, 1.54) is 21.3 Å². The van der Waals surface area contributed by atoms with Gasteiger partial charge >= 0.3 is 0 Å². The van der Waals surface area contributed by atoms with Crippen molar-refractivity contribution in [2.24, 2.45) is 11.7 Å². The van der Waals surface area contributed by atoms with Crippen LogP contribution in [0.5, 0.6) is 0 Å². The number of rotatable bonds is 2.